The smallest absolute Gasteiger partial charge is 0.306 e. The predicted octanol–water partition coefficient (Wildman–Crippen LogP) is 6.28. The fraction of sp³-hybridized carbons (Fsp3) is 0.903. The number of carbonyl (C=O) groups excluding carboxylic acids is 3. The molecule has 42 heavy (non-hydrogen) atoms. The number of quaternary nitrogens is 1. The van der Waals surface area contributed by atoms with Crippen LogP contribution in [0.15, 0.2) is 0 Å². The van der Waals surface area contributed by atoms with Gasteiger partial charge in [-0.25, -0.2) is 0 Å². The van der Waals surface area contributed by atoms with Crippen molar-refractivity contribution in [1.82, 2.24) is 0 Å². The number of hydrogen-bond acceptors (Lipinski definition) is 9. The number of hydrogen-bond donors (Lipinski definition) is 0. The van der Waals surface area contributed by atoms with Gasteiger partial charge in [-0.1, -0.05) is 90.4 Å². The molecule has 0 aliphatic carbocycles. The first-order valence-electron chi connectivity index (χ1n) is 16.2. The molecule has 0 heterocycles. The van der Waals surface area contributed by atoms with Gasteiger partial charge in [0, 0.05) is 19.3 Å². The molecule has 0 aromatic heterocycles. The number of ether oxygens (including phenoxy) is 2. The Morgan fingerprint density at radius 3 is 1.76 bits per heavy atom. The van der Waals surface area contributed by atoms with Crippen molar-refractivity contribution < 1.29 is 46.8 Å². The van der Waals surface area contributed by atoms with Crippen LogP contribution in [-0.4, -0.2) is 76.3 Å². The highest BCUT2D eigenvalue weighted by molar-refractivity contribution is 7.45. The quantitative estimate of drug-likeness (QED) is 0.0299. The third-order valence-corrected chi connectivity index (χ3v) is 7.81. The summed E-state index contributed by atoms with van der Waals surface area (Å²) in [5, 5.41) is 0. The maximum Gasteiger partial charge on any atom is 0.306 e. The number of carbonyl (C=O) groups is 3. The van der Waals surface area contributed by atoms with E-state index in [1.54, 1.807) is 0 Å². The summed E-state index contributed by atoms with van der Waals surface area (Å²) in [7, 11) is 1.08. The van der Waals surface area contributed by atoms with Crippen molar-refractivity contribution in [3.05, 3.63) is 0 Å². The number of aldehydes is 1. The van der Waals surface area contributed by atoms with Crippen LogP contribution in [0.25, 0.3) is 0 Å². The van der Waals surface area contributed by atoms with Gasteiger partial charge in [0.25, 0.3) is 7.82 Å². The summed E-state index contributed by atoms with van der Waals surface area (Å²) in [5.74, 6) is -0.966. The van der Waals surface area contributed by atoms with E-state index in [-0.39, 0.29) is 26.1 Å². The molecule has 1 unspecified atom stereocenters. The van der Waals surface area contributed by atoms with Gasteiger partial charge in [-0.3, -0.25) is 14.2 Å². The third-order valence-electron chi connectivity index (χ3n) is 6.85. The van der Waals surface area contributed by atoms with Crippen LogP contribution in [0.1, 0.15) is 129 Å². The molecule has 0 N–H and O–H groups in total. The van der Waals surface area contributed by atoms with Crippen LogP contribution in [0.4, 0.5) is 0 Å². The molecule has 0 saturated heterocycles. The Kier molecular flexibility index (Phi) is 25.3. The monoisotopic (exact) mass is 621 g/mol. The first kappa shape index (κ1) is 40.7. The topological polar surface area (TPSA) is 128 Å². The molecule has 0 saturated carbocycles. The number of rotatable bonds is 30. The van der Waals surface area contributed by atoms with Crippen LogP contribution in [-0.2, 0) is 37.5 Å². The van der Waals surface area contributed by atoms with E-state index in [4.69, 9.17) is 18.5 Å². The van der Waals surface area contributed by atoms with Gasteiger partial charge in [0.05, 0.1) is 27.7 Å². The van der Waals surface area contributed by atoms with Gasteiger partial charge >= 0.3 is 11.9 Å². The second-order valence-electron chi connectivity index (χ2n) is 12.1. The molecular formula is C31H60NO9P. The molecular weight excluding hydrogens is 561 g/mol. The number of nitrogens with zero attached hydrogens (tertiary/aromatic N) is 1. The van der Waals surface area contributed by atoms with Gasteiger partial charge in [0.2, 0.25) is 0 Å². The Morgan fingerprint density at radius 2 is 1.24 bits per heavy atom. The van der Waals surface area contributed by atoms with Crippen LogP contribution >= 0.6 is 7.82 Å². The van der Waals surface area contributed by atoms with Crippen molar-refractivity contribution in [3.8, 4) is 0 Å². The van der Waals surface area contributed by atoms with Crippen LogP contribution in [0.5, 0.6) is 0 Å². The van der Waals surface area contributed by atoms with Gasteiger partial charge in [-0.05, 0) is 19.3 Å². The molecule has 0 aliphatic rings. The Labute approximate surface area is 255 Å². The maximum atomic E-state index is 12.3. The summed E-state index contributed by atoms with van der Waals surface area (Å²) >= 11 is 0. The summed E-state index contributed by atoms with van der Waals surface area (Å²) in [6.45, 7) is 1.83. The van der Waals surface area contributed by atoms with E-state index in [1.165, 1.54) is 64.2 Å². The first-order chi connectivity index (χ1) is 20.0. The number of phosphoric ester groups is 1. The molecule has 2 atom stereocenters. The van der Waals surface area contributed by atoms with E-state index in [0.29, 0.717) is 43.1 Å². The minimum atomic E-state index is -4.63. The van der Waals surface area contributed by atoms with Crippen molar-refractivity contribution in [3.63, 3.8) is 0 Å². The molecule has 0 radical (unpaired) electrons. The normalized spacial score (nSPS) is 13.8. The standard InChI is InChI=1S/C31H60NO9P/c1-5-6-7-8-9-10-11-12-13-14-15-16-19-22-30(34)38-27-29(41-31(35)23-20-17-18-21-25-33)28-40-42(36,37)39-26-24-32(2,3)4/h25,29H,5-24,26-28H2,1-4H3/t29-/m1/s1. The Hall–Kier alpha value is -1.32. The second-order valence-corrected chi connectivity index (χ2v) is 13.6. The van der Waals surface area contributed by atoms with Crippen LogP contribution < -0.4 is 4.89 Å². The van der Waals surface area contributed by atoms with E-state index in [1.807, 2.05) is 21.1 Å². The number of unbranched alkanes of at least 4 members (excludes halogenated alkanes) is 15. The molecule has 0 aromatic rings. The summed E-state index contributed by atoms with van der Waals surface area (Å²) in [5.41, 5.74) is 0. The first-order valence-corrected chi connectivity index (χ1v) is 17.6. The van der Waals surface area contributed by atoms with Gasteiger partial charge in [0.15, 0.2) is 6.10 Å². The average molecular weight is 622 g/mol. The molecule has 0 aliphatic heterocycles. The SMILES string of the molecule is CCCCCCCCCCCCCCCC(=O)OC[C@H](COP(=O)([O-])OCC[N+](C)(C)C)OC(=O)CCCCCC=O. The molecule has 0 spiro atoms. The number of phosphoric acid groups is 1. The minimum absolute atomic E-state index is 0.0520. The van der Waals surface area contributed by atoms with Crippen molar-refractivity contribution in [1.29, 1.82) is 0 Å². The summed E-state index contributed by atoms with van der Waals surface area (Å²) in [4.78, 5) is 47.1. The number of esters is 2. The van der Waals surface area contributed by atoms with Crippen molar-refractivity contribution in [2.24, 2.45) is 0 Å². The van der Waals surface area contributed by atoms with E-state index in [9.17, 15) is 23.8 Å². The Morgan fingerprint density at radius 1 is 0.738 bits per heavy atom. The lowest BCUT2D eigenvalue weighted by Crippen LogP contribution is -2.37. The summed E-state index contributed by atoms with van der Waals surface area (Å²) in [6.07, 6.45) is 18.2. The lowest BCUT2D eigenvalue weighted by Gasteiger charge is -2.28. The zero-order valence-electron chi connectivity index (χ0n) is 27.0. The van der Waals surface area contributed by atoms with E-state index in [0.717, 1.165) is 19.1 Å². The number of likely N-dealkylation sites (N-methyl/N-ethyl adjacent to an activating group) is 1. The van der Waals surface area contributed by atoms with E-state index < -0.39 is 32.5 Å². The summed E-state index contributed by atoms with van der Waals surface area (Å²) in [6, 6.07) is 0. The summed E-state index contributed by atoms with van der Waals surface area (Å²) < 4.78 is 33.2. The molecule has 11 heteroatoms. The zero-order valence-corrected chi connectivity index (χ0v) is 27.9. The molecule has 10 nitrogen and oxygen atoms in total. The van der Waals surface area contributed by atoms with E-state index in [2.05, 4.69) is 6.92 Å². The van der Waals surface area contributed by atoms with Gasteiger partial charge in [0.1, 0.15) is 26.0 Å². The van der Waals surface area contributed by atoms with Gasteiger partial charge in [-0.15, -0.1) is 0 Å². The Bertz CT molecular complexity index is 742. The van der Waals surface area contributed by atoms with Crippen molar-refractivity contribution >= 4 is 26.0 Å². The highest BCUT2D eigenvalue weighted by Crippen LogP contribution is 2.38. The molecule has 0 bridgehead atoms. The highest BCUT2D eigenvalue weighted by Gasteiger charge is 2.21. The largest absolute Gasteiger partial charge is 0.756 e. The average Bonchev–Trinajstić information content (AvgIpc) is 2.91. The minimum Gasteiger partial charge on any atom is -0.756 e. The third kappa shape index (κ3) is 28.8. The van der Waals surface area contributed by atoms with Gasteiger partial charge in [-0.2, -0.15) is 0 Å². The second kappa shape index (κ2) is 26.1. The molecule has 0 amide bonds. The van der Waals surface area contributed by atoms with Crippen molar-refractivity contribution in [2.45, 2.75) is 135 Å². The van der Waals surface area contributed by atoms with Crippen LogP contribution in [0.3, 0.4) is 0 Å². The highest BCUT2D eigenvalue weighted by atomic mass is 31.2. The van der Waals surface area contributed by atoms with Crippen LogP contribution in [0, 0.1) is 0 Å². The lowest BCUT2D eigenvalue weighted by atomic mass is 10.0. The fourth-order valence-electron chi connectivity index (χ4n) is 4.22. The molecule has 0 aromatic carbocycles. The maximum absolute atomic E-state index is 12.3. The van der Waals surface area contributed by atoms with Gasteiger partial charge < -0.3 is 32.7 Å². The lowest BCUT2D eigenvalue weighted by molar-refractivity contribution is -0.870. The molecule has 0 fully saturated rings. The Balaban J connectivity index is 4.35. The molecule has 0 rings (SSSR count). The van der Waals surface area contributed by atoms with Crippen LogP contribution in [0.2, 0.25) is 0 Å². The fourth-order valence-corrected chi connectivity index (χ4v) is 4.95. The van der Waals surface area contributed by atoms with E-state index >= 15 is 0 Å². The van der Waals surface area contributed by atoms with Crippen molar-refractivity contribution in [2.75, 3.05) is 47.5 Å². The molecule has 248 valence electrons. The predicted molar refractivity (Wildman–Crippen MR) is 163 cm³/mol. The zero-order chi connectivity index (χ0) is 31.5.